The molecule has 0 saturated heterocycles. The number of likely N-dealkylation sites (N-methyl/N-ethyl adjacent to an activating group) is 1. The van der Waals surface area contributed by atoms with Crippen molar-refractivity contribution in [3.63, 3.8) is 0 Å². The largest absolute Gasteiger partial charge is 0.391 e. The third-order valence-electron chi connectivity index (χ3n) is 2.58. The average molecular weight is 260 g/mol. The quantitative estimate of drug-likeness (QED) is 0.785. The normalized spacial score (nSPS) is 12.5. The van der Waals surface area contributed by atoms with E-state index in [1.54, 1.807) is 7.11 Å². The van der Waals surface area contributed by atoms with Crippen LogP contribution in [0, 0.1) is 0 Å². The molecular weight excluding hydrogens is 242 g/mol. The van der Waals surface area contributed by atoms with E-state index in [2.05, 4.69) is 9.97 Å². The predicted molar refractivity (Wildman–Crippen MR) is 67.3 cm³/mol. The monoisotopic (exact) mass is 259 g/mol. The minimum Gasteiger partial charge on any atom is -0.391 e. The third kappa shape index (κ3) is 3.28. The smallest absolute Gasteiger partial charge is 0.140 e. The van der Waals surface area contributed by atoms with Gasteiger partial charge in [-0.1, -0.05) is 11.6 Å². The topological polar surface area (TPSA) is 58.5 Å². The van der Waals surface area contributed by atoms with Crippen molar-refractivity contribution in [2.24, 2.45) is 0 Å². The van der Waals surface area contributed by atoms with E-state index < -0.39 is 0 Å². The Kier molecular flexibility index (Phi) is 5.61. The highest BCUT2D eigenvalue weighted by atomic mass is 35.5. The van der Waals surface area contributed by atoms with E-state index in [9.17, 15) is 5.11 Å². The molecule has 1 aromatic rings. The second kappa shape index (κ2) is 6.74. The lowest BCUT2D eigenvalue weighted by molar-refractivity contribution is 0.181. The fourth-order valence-corrected chi connectivity index (χ4v) is 1.96. The van der Waals surface area contributed by atoms with Crippen LogP contribution >= 0.6 is 11.6 Å². The van der Waals surface area contributed by atoms with Gasteiger partial charge in [0.2, 0.25) is 0 Å². The molecule has 0 spiro atoms. The van der Waals surface area contributed by atoms with Gasteiger partial charge in [0.05, 0.1) is 24.8 Å². The summed E-state index contributed by atoms with van der Waals surface area (Å²) >= 11 is 5.94. The number of aromatic nitrogens is 2. The highest BCUT2D eigenvalue weighted by Crippen LogP contribution is 2.24. The Bertz CT molecular complexity index is 363. The second-order valence-corrected chi connectivity index (χ2v) is 4.07. The number of ether oxygens (including phenoxy) is 1. The van der Waals surface area contributed by atoms with Gasteiger partial charge in [-0.15, -0.1) is 0 Å². The molecule has 0 aliphatic rings. The van der Waals surface area contributed by atoms with Crippen LogP contribution in [0.5, 0.6) is 0 Å². The number of nitrogens with zero attached hydrogens (tertiary/aromatic N) is 3. The summed E-state index contributed by atoms with van der Waals surface area (Å²) in [5.41, 5.74) is 0.555. The Hall–Kier alpha value is -0.910. The van der Waals surface area contributed by atoms with Crippen LogP contribution in [0.15, 0.2) is 6.33 Å². The van der Waals surface area contributed by atoms with Crippen molar-refractivity contribution in [2.75, 3.05) is 25.2 Å². The number of aliphatic hydroxyl groups is 1. The molecule has 5 nitrogen and oxygen atoms in total. The van der Waals surface area contributed by atoms with E-state index in [-0.39, 0.29) is 12.6 Å². The van der Waals surface area contributed by atoms with Crippen LogP contribution in [0.3, 0.4) is 0 Å². The van der Waals surface area contributed by atoms with E-state index in [0.29, 0.717) is 23.1 Å². The van der Waals surface area contributed by atoms with Gasteiger partial charge in [0.25, 0.3) is 0 Å². The molecule has 0 fully saturated rings. The Morgan fingerprint density at radius 1 is 1.53 bits per heavy atom. The minimum atomic E-state index is -0.175. The Morgan fingerprint density at radius 3 is 2.76 bits per heavy atom. The fourth-order valence-electron chi connectivity index (χ4n) is 1.77. The Balaban J connectivity index is 3.06. The summed E-state index contributed by atoms with van der Waals surface area (Å²) in [4.78, 5) is 10.1. The summed E-state index contributed by atoms with van der Waals surface area (Å²) in [5, 5.41) is 9.63. The first-order valence-electron chi connectivity index (χ1n) is 5.51. The van der Waals surface area contributed by atoms with Gasteiger partial charge in [0, 0.05) is 13.7 Å². The summed E-state index contributed by atoms with van der Waals surface area (Å²) in [6.07, 6.45) is 1.40. The summed E-state index contributed by atoms with van der Waals surface area (Å²) < 4.78 is 5.13. The highest BCUT2D eigenvalue weighted by molar-refractivity contribution is 6.30. The van der Waals surface area contributed by atoms with E-state index >= 15 is 0 Å². The van der Waals surface area contributed by atoms with E-state index in [1.165, 1.54) is 6.33 Å². The number of anilines is 1. The molecule has 1 atom stereocenters. The van der Waals surface area contributed by atoms with Gasteiger partial charge < -0.3 is 14.7 Å². The number of halogens is 1. The summed E-state index contributed by atoms with van der Waals surface area (Å²) in [6, 6.07) is 0.154. The maximum absolute atomic E-state index is 9.33. The molecule has 0 aromatic carbocycles. The van der Waals surface area contributed by atoms with Crippen LogP contribution in [0.1, 0.15) is 19.4 Å². The van der Waals surface area contributed by atoms with Crippen LogP contribution in [0.25, 0.3) is 0 Å². The van der Waals surface area contributed by atoms with Crippen molar-refractivity contribution < 1.29 is 9.84 Å². The zero-order valence-electron chi connectivity index (χ0n) is 10.4. The fraction of sp³-hybridized carbons (Fsp3) is 0.636. The number of methoxy groups -OCH3 is 1. The molecule has 96 valence electrons. The predicted octanol–water partition coefficient (Wildman–Crippen LogP) is 1.48. The molecule has 1 heterocycles. The van der Waals surface area contributed by atoms with Crippen LogP contribution in [-0.4, -0.2) is 41.4 Å². The van der Waals surface area contributed by atoms with Crippen LogP contribution in [0.2, 0.25) is 5.15 Å². The molecule has 1 aromatic heterocycles. The third-order valence-corrected chi connectivity index (χ3v) is 2.91. The molecular formula is C11H18ClN3O2. The second-order valence-electron chi connectivity index (χ2n) is 3.72. The molecule has 1 N–H and O–H groups in total. The number of rotatable bonds is 6. The van der Waals surface area contributed by atoms with Gasteiger partial charge in [0.1, 0.15) is 17.3 Å². The summed E-state index contributed by atoms with van der Waals surface area (Å²) in [7, 11) is 1.66. The zero-order valence-corrected chi connectivity index (χ0v) is 11.1. The van der Waals surface area contributed by atoms with Crippen LogP contribution in [0.4, 0.5) is 5.82 Å². The molecule has 0 amide bonds. The van der Waals surface area contributed by atoms with Crippen molar-refractivity contribution in [2.45, 2.75) is 26.5 Å². The van der Waals surface area contributed by atoms with Crippen molar-refractivity contribution >= 4 is 17.4 Å². The van der Waals surface area contributed by atoms with Gasteiger partial charge in [-0.3, -0.25) is 0 Å². The van der Waals surface area contributed by atoms with Gasteiger partial charge in [-0.2, -0.15) is 0 Å². The Morgan fingerprint density at radius 2 is 2.24 bits per heavy atom. The first-order valence-corrected chi connectivity index (χ1v) is 5.89. The lowest BCUT2D eigenvalue weighted by Gasteiger charge is -2.30. The molecule has 0 saturated carbocycles. The van der Waals surface area contributed by atoms with E-state index in [4.69, 9.17) is 16.3 Å². The van der Waals surface area contributed by atoms with Gasteiger partial charge in [-0.05, 0) is 13.8 Å². The van der Waals surface area contributed by atoms with Crippen LogP contribution in [-0.2, 0) is 11.3 Å². The lowest BCUT2D eigenvalue weighted by atomic mass is 10.2. The lowest BCUT2D eigenvalue weighted by Crippen LogP contribution is -2.37. The highest BCUT2D eigenvalue weighted by Gasteiger charge is 2.19. The zero-order chi connectivity index (χ0) is 12.8. The number of hydrogen-bond donors (Lipinski definition) is 1. The maximum atomic E-state index is 9.33. The standard InChI is InChI=1S/C11H18ClN3O2/c1-4-15(8(2)6-17-3)11-9(5-16)10(12)13-7-14-11/h7-8,16H,4-6H2,1-3H3. The molecule has 0 aliphatic heterocycles. The summed E-state index contributed by atoms with van der Waals surface area (Å²) in [6.45, 7) is 5.21. The van der Waals surface area contributed by atoms with Crippen LogP contribution < -0.4 is 4.90 Å². The number of aliphatic hydroxyl groups excluding tert-OH is 1. The van der Waals surface area contributed by atoms with E-state index in [0.717, 1.165) is 6.54 Å². The first kappa shape index (κ1) is 14.2. The number of hydrogen-bond acceptors (Lipinski definition) is 5. The van der Waals surface area contributed by atoms with E-state index in [1.807, 2.05) is 18.7 Å². The molecule has 0 bridgehead atoms. The molecule has 17 heavy (non-hydrogen) atoms. The average Bonchev–Trinajstić information content (AvgIpc) is 2.30. The minimum absolute atomic E-state index is 0.154. The van der Waals surface area contributed by atoms with Crippen molar-refractivity contribution in [3.8, 4) is 0 Å². The maximum Gasteiger partial charge on any atom is 0.140 e. The molecule has 1 unspecified atom stereocenters. The molecule has 6 heteroatoms. The molecule has 0 aliphatic carbocycles. The van der Waals surface area contributed by atoms with Crippen molar-refractivity contribution in [1.29, 1.82) is 0 Å². The van der Waals surface area contributed by atoms with Gasteiger partial charge in [-0.25, -0.2) is 9.97 Å². The van der Waals surface area contributed by atoms with Gasteiger partial charge in [0.15, 0.2) is 0 Å². The molecule has 1 rings (SSSR count). The van der Waals surface area contributed by atoms with Gasteiger partial charge >= 0.3 is 0 Å². The van der Waals surface area contributed by atoms with Crippen molar-refractivity contribution in [1.82, 2.24) is 9.97 Å². The Labute approximate surface area is 106 Å². The first-order chi connectivity index (χ1) is 8.15. The molecule has 0 radical (unpaired) electrons. The summed E-state index contributed by atoms with van der Waals surface area (Å²) in [5.74, 6) is 0.666. The van der Waals surface area contributed by atoms with Crippen molar-refractivity contribution in [3.05, 3.63) is 17.0 Å². The SMILES string of the molecule is CCN(c1ncnc(Cl)c1CO)C(C)COC.